The number of carbonyl (C=O) groups is 1. The van der Waals surface area contributed by atoms with Crippen LogP contribution in [0, 0.1) is 11.7 Å². The van der Waals surface area contributed by atoms with Crippen molar-refractivity contribution < 1.29 is 9.18 Å². The maximum absolute atomic E-state index is 12.8. The highest BCUT2D eigenvalue weighted by Crippen LogP contribution is 2.27. The third kappa shape index (κ3) is 5.39. The Kier molecular flexibility index (Phi) is 4.91. The Morgan fingerprint density at radius 1 is 1.37 bits per heavy atom. The van der Waals surface area contributed by atoms with Crippen LogP contribution in [-0.2, 0) is 11.2 Å². The number of amides is 1. The second kappa shape index (κ2) is 6.66. The molecule has 0 bridgehead atoms. The molecule has 1 aromatic rings. The van der Waals surface area contributed by atoms with Crippen molar-refractivity contribution in [2.45, 2.75) is 32.2 Å². The molecule has 104 valence electrons. The molecule has 1 aromatic carbocycles. The van der Waals surface area contributed by atoms with Crippen molar-refractivity contribution in [1.29, 1.82) is 0 Å². The van der Waals surface area contributed by atoms with E-state index in [-0.39, 0.29) is 17.8 Å². The SMILES string of the molecule is CC(Cc1ccc(F)cc1)NC(=O)CNCC1CC1. The number of hydrogen-bond acceptors (Lipinski definition) is 2. The van der Waals surface area contributed by atoms with E-state index >= 15 is 0 Å². The Bertz CT molecular complexity index is 415. The number of halogens is 1. The predicted octanol–water partition coefficient (Wildman–Crippen LogP) is 1.87. The molecule has 0 aromatic heterocycles. The summed E-state index contributed by atoms with van der Waals surface area (Å²) in [6.07, 6.45) is 3.29. The van der Waals surface area contributed by atoms with Crippen LogP contribution in [0.25, 0.3) is 0 Å². The van der Waals surface area contributed by atoms with Crippen LogP contribution in [0.2, 0.25) is 0 Å². The van der Waals surface area contributed by atoms with Crippen molar-refractivity contribution in [1.82, 2.24) is 10.6 Å². The Morgan fingerprint density at radius 3 is 2.68 bits per heavy atom. The average molecular weight is 264 g/mol. The molecule has 0 heterocycles. The van der Waals surface area contributed by atoms with Crippen LogP contribution in [0.4, 0.5) is 4.39 Å². The van der Waals surface area contributed by atoms with E-state index in [9.17, 15) is 9.18 Å². The topological polar surface area (TPSA) is 41.1 Å². The summed E-state index contributed by atoms with van der Waals surface area (Å²) in [5.74, 6) is 0.574. The van der Waals surface area contributed by atoms with Crippen LogP contribution in [0.3, 0.4) is 0 Å². The second-order valence-corrected chi connectivity index (χ2v) is 5.37. The summed E-state index contributed by atoms with van der Waals surface area (Å²) in [5.41, 5.74) is 1.03. The Hall–Kier alpha value is -1.42. The fourth-order valence-corrected chi connectivity index (χ4v) is 2.06. The lowest BCUT2D eigenvalue weighted by Crippen LogP contribution is -2.40. The summed E-state index contributed by atoms with van der Waals surface area (Å²) in [6.45, 7) is 3.28. The molecule has 19 heavy (non-hydrogen) atoms. The van der Waals surface area contributed by atoms with Gasteiger partial charge in [0, 0.05) is 6.04 Å². The highest BCUT2D eigenvalue weighted by Gasteiger charge is 2.20. The smallest absolute Gasteiger partial charge is 0.234 e. The van der Waals surface area contributed by atoms with Gasteiger partial charge in [-0.25, -0.2) is 4.39 Å². The molecule has 1 amide bonds. The molecule has 0 aliphatic heterocycles. The molecular weight excluding hydrogens is 243 g/mol. The van der Waals surface area contributed by atoms with E-state index in [2.05, 4.69) is 10.6 Å². The van der Waals surface area contributed by atoms with Gasteiger partial charge in [0.15, 0.2) is 0 Å². The zero-order valence-corrected chi connectivity index (χ0v) is 11.3. The highest BCUT2D eigenvalue weighted by molar-refractivity contribution is 5.78. The van der Waals surface area contributed by atoms with E-state index in [0.717, 1.165) is 18.0 Å². The summed E-state index contributed by atoms with van der Waals surface area (Å²) in [5, 5.41) is 6.10. The third-order valence-electron chi connectivity index (χ3n) is 3.28. The molecule has 3 nitrogen and oxygen atoms in total. The number of benzene rings is 1. The molecule has 1 saturated carbocycles. The van der Waals surface area contributed by atoms with E-state index in [0.29, 0.717) is 13.0 Å². The van der Waals surface area contributed by atoms with Crippen molar-refractivity contribution in [3.05, 3.63) is 35.6 Å². The summed E-state index contributed by atoms with van der Waals surface area (Å²) < 4.78 is 12.8. The normalized spacial score (nSPS) is 16.1. The molecule has 4 heteroatoms. The van der Waals surface area contributed by atoms with Gasteiger partial charge in [0.25, 0.3) is 0 Å². The van der Waals surface area contributed by atoms with Crippen molar-refractivity contribution in [2.24, 2.45) is 5.92 Å². The monoisotopic (exact) mass is 264 g/mol. The molecule has 1 fully saturated rings. The minimum absolute atomic E-state index is 0.0234. The van der Waals surface area contributed by atoms with Crippen LogP contribution >= 0.6 is 0 Å². The van der Waals surface area contributed by atoms with E-state index in [1.807, 2.05) is 6.92 Å². The minimum atomic E-state index is -0.232. The molecule has 0 radical (unpaired) electrons. The first-order chi connectivity index (χ1) is 9.13. The van der Waals surface area contributed by atoms with Gasteiger partial charge < -0.3 is 10.6 Å². The maximum Gasteiger partial charge on any atom is 0.234 e. The molecule has 1 aliphatic rings. The van der Waals surface area contributed by atoms with Crippen molar-refractivity contribution in [3.63, 3.8) is 0 Å². The summed E-state index contributed by atoms with van der Waals surface area (Å²) in [6, 6.07) is 6.45. The number of nitrogens with one attached hydrogen (secondary N) is 2. The minimum Gasteiger partial charge on any atom is -0.352 e. The average Bonchev–Trinajstić information content (AvgIpc) is 3.16. The molecule has 0 spiro atoms. The Morgan fingerprint density at radius 2 is 2.05 bits per heavy atom. The zero-order chi connectivity index (χ0) is 13.7. The summed E-state index contributed by atoms with van der Waals surface area (Å²) >= 11 is 0. The van der Waals surface area contributed by atoms with Crippen LogP contribution in [0.15, 0.2) is 24.3 Å². The quantitative estimate of drug-likeness (QED) is 0.789. The van der Waals surface area contributed by atoms with Gasteiger partial charge in [0.2, 0.25) is 5.91 Å². The first kappa shape index (κ1) is 14.0. The second-order valence-electron chi connectivity index (χ2n) is 5.37. The maximum atomic E-state index is 12.8. The van der Waals surface area contributed by atoms with E-state index in [1.54, 1.807) is 12.1 Å². The number of rotatable bonds is 7. The van der Waals surface area contributed by atoms with Crippen LogP contribution in [0.5, 0.6) is 0 Å². The largest absolute Gasteiger partial charge is 0.352 e. The molecule has 1 atom stereocenters. The molecule has 2 N–H and O–H groups in total. The molecular formula is C15H21FN2O. The van der Waals surface area contributed by atoms with Gasteiger partial charge in [-0.1, -0.05) is 12.1 Å². The van der Waals surface area contributed by atoms with Crippen molar-refractivity contribution in [3.8, 4) is 0 Å². The van der Waals surface area contributed by atoms with Gasteiger partial charge in [0.1, 0.15) is 5.82 Å². The van der Waals surface area contributed by atoms with Crippen molar-refractivity contribution in [2.75, 3.05) is 13.1 Å². The standard InChI is InChI=1S/C15H21FN2O/c1-11(8-12-4-6-14(16)7-5-12)18-15(19)10-17-9-13-2-3-13/h4-7,11,13,17H,2-3,8-10H2,1H3,(H,18,19). The lowest BCUT2D eigenvalue weighted by molar-refractivity contribution is -0.120. The van der Waals surface area contributed by atoms with E-state index in [4.69, 9.17) is 0 Å². The first-order valence-electron chi connectivity index (χ1n) is 6.88. The molecule has 1 aliphatic carbocycles. The lowest BCUT2D eigenvalue weighted by atomic mass is 10.1. The van der Waals surface area contributed by atoms with Gasteiger partial charge in [-0.3, -0.25) is 4.79 Å². The molecule has 0 saturated heterocycles. The number of carbonyl (C=O) groups excluding carboxylic acids is 1. The molecule has 2 rings (SSSR count). The van der Waals surface area contributed by atoms with Gasteiger partial charge in [0.05, 0.1) is 6.54 Å². The van der Waals surface area contributed by atoms with Crippen LogP contribution in [-0.4, -0.2) is 25.0 Å². The molecule has 1 unspecified atom stereocenters. The fourth-order valence-electron chi connectivity index (χ4n) is 2.06. The summed E-state index contributed by atoms with van der Waals surface area (Å²) in [4.78, 5) is 11.7. The van der Waals surface area contributed by atoms with E-state index < -0.39 is 0 Å². The predicted molar refractivity (Wildman–Crippen MR) is 73.3 cm³/mol. The highest BCUT2D eigenvalue weighted by atomic mass is 19.1. The van der Waals surface area contributed by atoms with Gasteiger partial charge >= 0.3 is 0 Å². The van der Waals surface area contributed by atoms with Gasteiger partial charge in [-0.05, 0) is 56.3 Å². The Labute approximate surface area is 113 Å². The fraction of sp³-hybridized carbons (Fsp3) is 0.533. The van der Waals surface area contributed by atoms with E-state index in [1.165, 1.54) is 25.0 Å². The lowest BCUT2D eigenvalue weighted by Gasteiger charge is -2.14. The summed E-state index contributed by atoms with van der Waals surface area (Å²) in [7, 11) is 0. The third-order valence-corrected chi connectivity index (χ3v) is 3.28. The Balaban J connectivity index is 1.65. The van der Waals surface area contributed by atoms with Crippen molar-refractivity contribution >= 4 is 5.91 Å². The zero-order valence-electron chi connectivity index (χ0n) is 11.3. The number of hydrogen-bond donors (Lipinski definition) is 2. The van der Waals surface area contributed by atoms with Crippen LogP contribution in [0.1, 0.15) is 25.3 Å². The first-order valence-corrected chi connectivity index (χ1v) is 6.88. The van der Waals surface area contributed by atoms with Gasteiger partial charge in [-0.15, -0.1) is 0 Å². The van der Waals surface area contributed by atoms with Gasteiger partial charge in [-0.2, -0.15) is 0 Å². The van der Waals surface area contributed by atoms with Crippen LogP contribution < -0.4 is 10.6 Å².